The van der Waals surface area contributed by atoms with E-state index in [4.69, 9.17) is 9.26 Å². The Morgan fingerprint density at radius 1 is 1.29 bits per heavy atom. The Morgan fingerprint density at radius 2 is 1.96 bits per heavy atom. The van der Waals surface area contributed by atoms with Crippen molar-refractivity contribution in [2.75, 3.05) is 11.9 Å². The van der Waals surface area contributed by atoms with Crippen LogP contribution in [-0.2, 0) is 9.53 Å². The Morgan fingerprint density at radius 3 is 2.61 bits per heavy atom. The number of aromatic nitrogens is 3. The van der Waals surface area contributed by atoms with Crippen molar-refractivity contribution in [2.24, 2.45) is 0 Å². The van der Waals surface area contributed by atoms with Crippen LogP contribution in [0.1, 0.15) is 41.5 Å². The lowest BCUT2D eigenvalue weighted by molar-refractivity contribution is -0.118. The zero-order valence-corrected chi connectivity index (χ0v) is 16.0. The number of hydrogen-bond donors (Lipinski definition) is 1. The van der Waals surface area contributed by atoms with Crippen LogP contribution in [0, 0.1) is 13.8 Å². The van der Waals surface area contributed by atoms with Crippen LogP contribution in [-0.4, -0.2) is 33.2 Å². The summed E-state index contributed by atoms with van der Waals surface area (Å²) in [5, 5.41) is 6.31. The summed E-state index contributed by atoms with van der Waals surface area (Å²) in [6.45, 7) is 7.09. The molecule has 1 unspecified atom stereocenters. The molecule has 0 aliphatic heterocycles. The van der Waals surface area contributed by atoms with E-state index in [0.29, 0.717) is 5.69 Å². The van der Waals surface area contributed by atoms with E-state index in [2.05, 4.69) is 15.5 Å². The van der Waals surface area contributed by atoms with Crippen LogP contribution in [0.25, 0.3) is 11.1 Å². The molecular formula is C19H20N4O5. The van der Waals surface area contributed by atoms with Crippen LogP contribution in [0.4, 0.5) is 5.69 Å². The summed E-state index contributed by atoms with van der Waals surface area (Å²) in [5.74, 6) is -1.18. The number of esters is 1. The molecule has 0 spiro atoms. The molecule has 3 rings (SSSR count). The minimum atomic E-state index is -0.881. The van der Waals surface area contributed by atoms with Crippen LogP contribution in [0.3, 0.4) is 0 Å². The number of aryl methyl sites for hydroxylation is 2. The van der Waals surface area contributed by atoms with Crippen molar-refractivity contribution in [1.29, 1.82) is 0 Å². The Balaban J connectivity index is 1.97. The number of amides is 1. The predicted molar refractivity (Wildman–Crippen MR) is 101 cm³/mol. The van der Waals surface area contributed by atoms with E-state index in [1.165, 1.54) is 6.33 Å². The smallest absolute Gasteiger partial charge is 0.361 e. The maximum Gasteiger partial charge on any atom is 0.361 e. The van der Waals surface area contributed by atoms with Gasteiger partial charge in [0.05, 0.1) is 6.61 Å². The quantitative estimate of drug-likeness (QED) is 0.671. The summed E-state index contributed by atoms with van der Waals surface area (Å²) in [5.41, 5.74) is 1.55. The van der Waals surface area contributed by atoms with Crippen LogP contribution in [0.5, 0.6) is 0 Å². The van der Waals surface area contributed by atoms with E-state index < -0.39 is 23.5 Å². The number of fused-ring (bicyclic) bond motifs is 1. The Hall–Kier alpha value is -3.49. The zero-order valence-electron chi connectivity index (χ0n) is 16.0. The van der Waals surface area contributed by atoms with E-state index in [1.54, 1.807) is 13.8 Å². The van der Waals surface area contributed by atoms with E-state index in [9.17, 15) is 14.4 Å². The molecule has 28 heavy (non-hydrogen) atoms. The molecule has 0 bridgehead atoms. The number of carbonyl (C=O) groups excluding carboxylic acids is 2. The van der Waals surface area contributed by atoms with Gasteiger partial charge in [-0.05, 0) is 38.8 Å². The van der Waals surface area contributed by atoms with Crippen molar-refractivity contribution >= 4 is 28.7 Å². The zero-order chi connectivity index (χ0) is 20.4. The molecule has 2 heterocycles. The molecule has 1 N–H and O–H groups in total. The first-order chi connectivity index (χ1) is 13.3. The largest absolute Gasteiger partial charge is 0.461 e. The molecule has 0 aliphatic rings. The van der Waals surface area contributed by atoms with Crippen LogP contribution < -0.4 is 10.9 Å². The summed E-state index contributed by atoms with van der Waals surface area (Å²) in [7, 11) is 0. The van der Waals surface area contributed by atoms with Gasteiger partial charge in [0.15, 0.2) is 0 Å². The number of ether oxygens (including phenoxy) is 1. The van der Waals surface area contributed by atoms with Gasteiger partial charge in [-0.25, -0.2) is 9.78 Å². The number of anilines is 1. The molecule has 9 nitrogen and oxygen atoms in total. The highest BCUT2D eigenvalue weighted by Gasteiger charge is 2.25. The average Bonchev–Trinajstić information content (AvgIpc) is 3.10. The fraction of sp³-hybridized carbons (Fsp3) is 0.316. The third kappa shape index (κ3) is 3.38. The van der Waals surface area contributed by atoms with Gasteiger partial charge >= 0.3 is 5.97 Å². The molecule has 2 aromatic heterocycles. The van der Waals surface area contributed by atoms with E-state index >= 15 is 0 Å². The lowest BCUT2D eigenvalue weighted by atomic mass is 10.1. The first kappa shape index (κ1) is 19.3. The highest BCUT2D eigenvalue weighted by atomic mass is 16.5. The van der Waals surface area contributed by atoms with Crippen molar-refractivity contribution in [2.45, 2.75) is 33.7 Å². The fourth-order valence-electron chi connectivity index (χ4n) is 2.84. The summed E-state index contributed by atoms with van der Waals surface area (Å²) in [6, 6.07) is 4.79. The number of nitrogens with one attached hydrogen (secondary N) is 1. The standard InChI is InChI=1S/C19H20N4O5/c1-5-27-19(26)15-13-17(28-22-15)20-9-23(18(13)25)12(4)16(24)21-14-10(2)7-6-8-11(14)3/h6-9,12H,5H2,1-4H3,(H,21,24). The van der Waals surface area contributed by atoms with Gasteiger partial charge in [0.25, 0.3) is 11.3 Å². The summed E-state index contributed by atoms with van der Waals surface area (Å²) >= 11 is 0. The molecule has 1 amide bonds. The molecule has 146 valence electrons. The van der Waals surface area contributed by atoms with Crippen molar-refractivity contribution in [3.05, 3.63) is 51.7 Å². The lowest BCUT2D eigenvalue weighted by Crippen LogP contribution is -2.32. The SMILES string of the molecule is CCOC(=O)c1noc2ncn(C(C)C(=O)Nc3c(C)cccc3C)c(=O)c12. The molecule has 0 aliphatic carbocycles. The first-order valence-electron chi connectivity index (χ1n) is 8.75. The lowest BCUT2D eigenvalue weighted by Gasteiger charge is -2.17. The molecule has 1 aromatic carbocycles. The number of para-hydroxylation sites is 1. The second-order valence-electron chi connectivity index (χ2n) is 6.32. The third-order valence-corrected chi connectivity index (χ3v) is 4.42. The minimum absolute atomic E-state index is 0.0911. The van der Waals surface area contributed by atoms with Gasteiger partial charge in [-0.3, -0.25) is 14.2 Å². The van der Waals surface area contributed by atoms with Gasteiger partial charge in [0.2, 0.25) is 11.6 Å². The molecule has 0 radical (unpaired) electrons. The first-order valence-corrected chi connectivity index (χ1v) is 8.75. The summed E-state index contributed by atoms with van der Waals surface area (Å²) in [4.78, 5) is 41.6. The molecule has 0 saturated carbocycles. The monoisotopic (exact) mass is 384 g/mol. The number of benzene rings is 1. The van der Waals surface area contributed by atoms with Gasteiger partial charge in [0.1, 0.15) is 17.8 Å². The molecule has 0 saturated heterocycles. The highest BCUT2D eigenvalue weighted by molar-refractivity contribution is 6.00. The van der Waals surface area contributed by atoms with E-state index in [0.717, 1.165) is 15.7 Å². The third-order valence-electron chi connectivity index (χ3n) is 4.42. The molecular weight excluding hydrogens is 364 g/mol. The molecule has 9 heteroatoms. The Labute approximate surface area is 160 Å². The van der Waals surface area contributed by atoms with Crippen molar-refractivity contribution in [3.63, 3.8) is 0 Å². The topological polar surface area (TPSA) is 116 Å². The van der Waals surface area contributed by atoms with Crippen molar-refractivity contribution in [3.8, 4) is 0 Å². The average molecular weight is 384 g/mol. The molecule has 1 atom stereocenters. The highest BCUT2D eigenvalue weighted by Crippen LogP contribution is 2.21. The predicted octanol–water partition coefficient (Wildman–Crippen LogP) is 2.38. The van der Waals surface area contributed by atoms with Crippen LogP contribution >= 0.6 is 0 Å². The van der Waals surface area contributed by atoms with Gasteiger partial charge < -0.3 is 14.6 Å². The van der Waals surface area contributed by atoms with Gasteiger partial charge in [-0.2, -0.15) is 0 Å². The molecule has 3 aromatic rings. The second-order valence-corrected chi connectivity index (χ2v) is 6.32. The van der Waals surface area contributed by atoms with Gasteiger partial charge in [0, 0.05) is 5.69 Å². The van der Waals surface area contributed by atoms with E-state index in [-0.39, 0.29) is 23.4 Å². The van der Waals surface area contributed by atoms with Crippen LogP contribution in [0.2, 0.25) is 0 Å². The van der Waals surface area contributed by atoms with Gasteiger partial charge in [-0.15, -0.1) is 0 Å². The second kappa shape index (κ2) is 7.63. The Bertz CT molecular complexity index is 1090. The minimum Gasteiger partial charge on any atom is -0.461 e. The number of nitrogens with zero attached hydrogens (tertiary/aromatic N) is 3. The maximum absolute atomic E-state index is 12.9. The molecule has 0 fully saturated rings. The summed E-state index contributed by atoms with van der Waals surface area (Å²) < 4.78 is 11.0. The van der Waals surface area contributed by atoms with Crippen molar-refractivity contribution in [1.82, 2.24) is 14.7 Å². The normalized spacial score (nSPS) is 12.0. The Kier molecular flexibility index (Phi) is 5.25. The maximum atomic E-state index is 12.9. The van der Waals surface area contributed by atoms with Gasteiger partial charge in [-0.1, -0.05) is 23.4 Å². The van der Waals surface area contributed by atoms with Crippen LogP contribution in [0.15, 0.2) is 33.8 Å². The number of rotatable bonds is 5. The fourth-order valence-corrected chi connectivity index (χ4v) is 2.84. The summed E-state index contributed by atoms with van der Waals surface area (Å²) in [6.07, 6.45) is 1.19. The van der Waals surface area contributed by atoms with E-state index in [1.807, 2.05) is 32.0 Å². The number of hydrogen-bond acceptors (Lipinski definition) is 7. The number of carbonyl (C=O) groups is 2. The van der Waals surface area contributed by atoms with Crippen molar-refractivity contribution < 1.29 is 18.8 Å².